The molecule has 2 saturated heterocycles. The quantitative estimate of drug-likeness (QED) is 0.611. The van der Waals surface area contributed by atoms with Crippen LogP contribution in [-0.4, -0.2) is 29.9 Å². The van der Waals surface area contributed by atoms with Crippen molar-refractivity contribution < 1.29 is 4.79 Å². The van der Waals surface area contributed by atoms with Gasteiger partial charge < -0.3 is 10.6 Å². The summed E-state index contributed by atoms with van der Waals surface area (Å²) in [4.78, 5) is 15.2. The Labute approximate surface area is 202 Å². The van der Waals surface area contributed by atoms with Crippen LogP contribution in [0.15, 0.2) is 78.9 Å². The predicted molar refractivity (Wildman–Crippen MR) is 135 cm³/mol. The molecule has 0 saturated carbocycles. The maximum absolute atomic E-state index is 12.6. The van der Waals surface area contributed by atoms with Gasteiger partial charge in [0.2, 0.25) is 5.91 Å². The highest BCUT2D eigenvalue weighted by Gasteiger charge is 2.42. The molecular formula is C30H33N3O. The molecule has 4 atom stereocenters. The first-order valence-corrected chi connectivity index (χ1v) is 12.7. The molecule has 0 spiro atoms. The number of nitrogens with zero attached hydrogens (tertiary/aromatic N) is 1. The largest absolute Gasteiger partial charge is 0.356 e. The van der Waals surface area contributed by atoms with E-state index < -0.39 is 0 Å². The second kappa shape index (κ2) is 9.36. The third kappa shape index (κ3) is 4.28. The van der Waals surface area contributed by atoms with Gasteiger partial charge in [0.1, 0.15) is 0 Å². The van der Waals surface area contributed by atoms with Gasteiger partial charge in [-0.25, -0.2) is 0 Å². The van der Waals surface area contributed by atoms with Crippen LogP contribution >= 0.6 is 0 Å². The predicted octanol–water partition coefficient (Wildman–Crippen LogP) is 4.57. The van der Waals surface area contributed by atoms with Crippen molar-refractivity contribution in [2.24, 2.45) is 5.92 Å². The summed E-state index contributed by atoms with van der Waals surface area (Å²) in [6.45, 7) is 3.90. The monoisotopic (exact) mass is 451 g/mol. The lowest BCUT2D eigenvalue weighted by molar-refractivity contribution is -0.129. The van der Waals surface area contributed by atoms with Crippen molar-refractivity contribution in [3.8, 4) is 0 Å². The molecule has 34 heavy (non-hydrogen) atoms. The van der Waals surface area contributed by atoms with E-state index in [4.69, 9.17) is 0 Å². The maximum Gasteiger partial charge on any atom is 0.224 e. The zero-order valence-electron chi connectivity index (χ0n) is 19.6. The Bertz CT molecular complexity index is 1140. The molecule has 4 nitrogen and oxygen atoms in total. The summed E-state index contributed by atoms with van der Waals surface area (Å²) in [5.41, 5.74) is 6.97. The third-order valence-corrected chi connectivity index (χ3v) is 8.06. The second-order valence-corrected chi connectivity index (χ2v) is 10.2. The molecule has 0 aliphatic carbocycles. The lowest BCUT2D eigenvalue weighted by atomic mass is 9.72. The van der Waals surface area contributed by atoms with Crippen molar-refractivity contribution in [1.29, 1.82) is 0 Å². The number of rotatable bonds is 4. The van der Waals surface area contributed by atoms with Crippen molar-refractivity contribution >= 4 is 5.91 Å². The van der Waals surface area contributed by atoms with Crippen molar-refractivity contribution in [3.05, 3.63) is 107 Å². The van der Waals surface area contributed by atoms with Crippen molar-refractivity contribution in [3.63, 3.8) is 0 Å². The van der Waals surface area contributed by atoms with Crippen LogP contribution in [0.25, 0.3) is 0 Å². The van der Waals surface area contributed by atoms with Gasteiger partial charge in [0.25, 0.3) is 0 Å². The van der Waals surface area contributed by atoms with Crippen LogP contribution in [-0.2, 0) is 24.3 Å². The molecular weight excluding hydrogens is 418 g/mol. The SMILES string of the molecule is O=C1NCCC2NC(c3ccc(CN4CCc5ccccc5C4)cc3)C(c3ccccc3)CC12. The van der Waals surface area contributed by atoms with E-state index in [1.165, 1.54) is 27.8 Å². The first-order valence-electron chi connectivity index (χ1n) is 12.7. The first-order chi connectivity index (χ1) is 16.7. The van der Waals surface area contributed by atoms with Gasteiger partial charge >= 0.3 is 0 Å². The summed E-state index contributed by atoms with van der Waals surface area (Å²) in [6.07, 6.45) is 3.03. The first kappa shape index (κ1) is 21.6. The number of amides is 1. The topological polar surface area (TPSA) is 44.4 Å². The van der Waals surface area contributed by atoms with Gasteiger partial charge in [-0.05, 0) is 47.1 Å². The van der Waals surface area contributed by atoms with Crippen LogP contribution in [0.1, 0.15) is 52.6 Å². The summed E-state index contributed by atoms with van der Waals surface area (Å²) in [6, 6.07) is 29.3. The highest BCUT2D eigenvalue weighted by molar-refractivity contribution is 5.80. The number of carbonyl (C=O) groups excluding carboxylic acids is 1. The normalized spacial score (nSPS) is 26.9. The summed E-state index contributed by atoms with van der Waals surface area (Å²) < 4.78 is 0. The fourth-order valence-corrected chi connectivity index (χ4v) is 6.23. The molecule has 2 fully saturated rings. The molecule has 3 aromatic carbocycles. The van der Waals surface area contributed by atoms with Gasteiger partial charge in [-0.15, -0.1) is 0 Å². The van der Waals surface area contributed by atoms with Crippen LogP contribution in [0, 0.1) is 5.92 Å². The van der Waals surface area contributed by atoms with Gasteiger partial charge in [0.15, 0.2) is 0 Å². The lowest BCUT2D eigenvalue weighted by Crippen LogP contribution is -2.56. The lowest BCUT2D eigenvalue weighted by Gasteiger charge is -2.44. The standard InChI is InChI=1S/C30H33N3O/c34-30-27-18-26(23-7-2-1-3-8-23)29(32-28(27)14-16-31-30)24-12-10-21(11-13-24)19-33-17-15-22-6-4-5-9-25(22)20-33/h1-13,26-29,32H,14-20H2,(H,31,34). The van der Waals surface area contributed by atoms with Crippen molar-refractivity contribution in [2.45, 2.75) is 50.4 Å². The average Bonchev–Trinajstić information content (AvgIpc) is 2.89. The minimum absolute atomic E-state index is 0.0523. The minimum Gasteiger partial charge on any atom is -0.356 e. The average molecular weight is 452 g/mol. The van der Waals surface area contributed by atoms with Crippen LogP contribution < -0.4 is 10.6 Å². The van der Waals surface area contributed by atoms with Crippen LogP contribution in [0.4, 0.5) is 0 Å². The molecule has 4 unspecified atom stereocenters. The van der Waals surface area contributed by atoms with Gasteiger partial charge in [-0.3, -0.25) is 9.69 Å². The Morgan fingerprint density at radius 3 is 2.41 bits per heavy atom. The van der Waals surface area contributed by atoms with Gasteiger partial charge in [0.05, 0.1) is 5.92 Å². The van der Waals surface area contributed by atoms with Gasteiger partial charge in [-0.1, -0.05) is 78.9 Å². The number of piperidine rings is 2. The zero-order valence-corrected chi connectivity index (χ0v) is 19.6. The number of hydrogen-bond donors (Lipinski definition) is 2. The van der Waals surface area contributed by atoms with E-state index in [-0.39, 0.29) is 29.8 Å². The summed E-state index contributed by atoms with van der Waals surface area (Å²) in [5.74, 6) is 0.550. The summed E-state index contributed by atoms with van der Waals surface area (Å²) in [7, 11) is 0. The van der Waals surface area contributed by atoms with E-state index in [1.54, 1.807) is 0 Å². The number of carbonyl (C=O) groups is 1. The molecule has 0 radical (unpaired) electrons. The van der Waals surface area contributed by atoms with E-state index in [2.05, 4.69) is 94.4 Å². The highest BCUT2D eigenvalue weighted by atomic mass is 16.2. The molecule has 4 heteroatoms. The molecule has 6 rings (SSSR count). The number of hydrogen-bond acceptors (Lipinski definition) is 3. The fourth-order valence-electron chi connectivity index (χ4n) is 6.23. The van der Waals surface area contributed by atoms with Crippen molar-refractivity contribution in [2.75, 3.05) is 13.1 Å². The number of benzene rings is 3. The molecule has 3 aliphatic heterocycles. The van der Waals surface area contributed by atoms with Gasteiger partial charge in [0, 0.05) is 44.2 Å². The Hall–Kier alpha value is -2.95. The van der Waals surface area contributed by atoms with E-state index in [0.29, 0.717) is 0 Å². The molecule has 3 heterocycles. The fraction of sp³-hybridized carbons (Fsp3) is 0.367. The molecule has 0 bridgehead atoms. The Morgan fingerprint density at radius 2 is 1.59 bits per heavy atom. The second-order valence-electron chi connectivity index (χ2n) is 10.2. The molecule has 3 aliphatic rings. The highest BCUT2D eigenvalue weighted by Crippen LogP contribution is 2.42. The molecule has 1 amide bonds. The maximum atomic E-state index is 12.6. The molecule has 0 aromatic heterocycles. The number of nitrogens with one attached hydrogen (secondary N) is 2. The van der Waals surface area contributed by atoms with Crippen LogP contribution in [0.3, 0.4) is 0 Å². The van der Waals surface area contributed by atoms with E-state index >= 15 is 0 Å². The van der Waals surface area contributed by atoms with Crippen LogP contribution in [0.2, 0.25) is 0 Å². The molecule has 2 N–H and O–H groups in total. The molecule has 3 aromatic rings. The van der Waals surface area contributed by atoms with Gasteiger partial charge in [-0.2, -0.15) is 0 Å². The Balaban J connectivity index is 1.21. The Morgan fingerprint density at radius 1 is 0.824 bits per heavy atom. The van der Waals surface area contributed by atoms with Crippen molar-refractivity contribution in [1.82, 2.24) is 15.5 Å². The zero-order chi connectivity index (χ0) is 22.9. The van der Waals surface area contributed by atoms with E-state index in [0.717, 1.165) is 45.4 Å². The minimum atomic E-state index is 0.0523. The number of fused-ring (bicyclic) bond motifs is 2. The smallest absolute Gasteiger partial charge is 0.224 e. The Kier molecular flexibility index (Phi) is 5.94. The van der Waals surface area contributed by atoms with E-state index in [1.807, 2.05) is 0 Å². The summed E-state index contributed by atoms with van der Waals surface area (Å²) >= 11 is 0. The van der Waals surface area contributed by atoms with Crippen LogP contribution in [0.5, 0.6) is 0 Å². The van der Waals surface area contributed by atoms with E-state index in [9.17, 15) is 4.79 Å². The summed E-state index contributed by atoms with van der Waals surface area (Å²) in [5, 5.41) is 6.97. The third-order valence-electron chi connectivity index (χ3n) is 8.06. The molecule has 174 valence electrons.